The molecule has 8 heteroatoms. The molecule has 1 fully saturated rings. The first-order chi connectivity index (χ1) is 13.1. The SMILES string of the molecule is O=C1C(=Cc2sc(=S)n(-c3ccccc3)c2O)SC(=S)N1c1ccccc1. The lowest BCUT2D eigenvalue weighted by Crippen LogP contribution is -2.27. The number of benzene rings is 2. The van der Waals surface area contributed by atoms with Gasteiger partial charge in [-0.15, -0.1) is 11.3 Å². The topological polar surface area (TPSA) is 45.5 Å². The molecule has 1 aliphatic heterocycles. The third-order valence-corrected chi connectivity index (χ3v) is 6.51. The van der Waals surface area contributed by atoms with Crippen LogP contribution < -0.4 is 4.90 Å². The first kappa shape index (κ1) is 18.1. The van der Waals surface area contributed by atoms with Gasteiger partial charge < -0.3 is 5.11 Å². The van der Waals surface area contributed by atoms with Crippen LogP contribution in [0.5, 0.6) is 5.88 Å². The third kappa shape index (κ3) is 3.37. The molecule has 2 aromatic carbocycles. The summed E-state index contributed by atoms with van der Waals surface area (Å²) >= 11 is 13.2. The van der Waals surface area contributed by atoms with E-state index in [1.807, 2.05) is 60.7 Å². The van der Waals surface area contributed by atoms with Gasteiger partial charge in [0.05, 0.1) is 21.2 Å². The number of hydrogen-bond donors (Lipinski definition) is 1. The van der Waals surface area contributed by atoms with Crippen molar-refractivity contribution in [1.82, 2.24) is 4.57 Å². The molecule has 0 unspecified atom stereocenters. The molecule has 27 heavy (non-hydrogen) atoms. The van der Waals surface area contributed by atoms with Crippen molar-refractivity contribution in [3.63, 3.8) is 0 Å². The Morgan fingerprint density at radius 2 is 1.52 bits per heavy atom. The Kier molecular flexibility index (Phi) is 4.96. The van der Waals surface area contributed by atoms with Crippen LogP contribution in [0.1, 0.15) is 4.88 Å². The highest BCUT2D eigenvalue weighted by atomic mass is 32.2. The van der Waals surface area contributed by atoms with Crippen LogP contribution in [-0.4, -0.2) is 19.9 Å². The third-order valence-electron chi connectivity index (χ3n) is 3.90. The zero-order chi connectivity index (χ0) is 19.0. The summed E-state index contributed by atoms with van der Waals surface area (Å²) in [6.07, 6.45) is 1.65. The van der Waals surface area contributed by atoms with Gasteiger partial charge in [-0.2, -0.15) is 0 Å². The summed E-state index contributed by atoms with van der Waals surface area (Å²) in [6.45, 7) is 0. The molecule has 3 aromatic rings. The van der Waals surface area contributed by atoms with E-state index in [1.165, 1.54) is 28.0 Å². The summed E-state index contributed by atoms with van der Waals surface area (Å²) in [7, 11) is 0. The molecule has 1 amide bonds. The molecule has 1 saturated heterocycles. The zero-order valence-electron chi connectivity index (χ0n) is 13.7. The van der Waals surface area contributed by atoms with E-state index >= 15 is 0 Å². The van der Waals surface area contributed by atoms with Gasteiger partial charge in [-0.3, -0.25) is 14.3 Å². The number of thiazole rings is 1. The zero-order valence-corrected chi connectivity index (χ0v) is 17.0. The number of nitrogens with zero attached hydrogens (tertiary/aromatic N) is 2. The van der Waals surface area contributed by atoms with E-state index in [2.05, 4.69) is 0 Å². The van der Waals surface area contributed by atoms with Gasteiger partial charge in [0.15, 0.2) is 8.27 Å². The molecule has 0 radical (unpaired) electrons. The van der Waals surface area contributed by atoms with Gasteiger partial charge >= 0.3 is 0 Å². The smallest absolute Gasteiger partial charge is 0.270 e. The van der Waals surface area contributed by atoms with Gasteiger partial charge in [-0.1, -0.05) is 60.4 Å². The lowest BCUT2D eigenvalue weighted by atomic mass is 10.3. The van der Waals surface area contributed by atoms with Gasteiger partial charge in [0.2, 0.25) is 5.88 Å². The molecule has 1 aromatic heterocycles. The van der Waals surface area contributed by atoms with Crippen LogP contribution in [0.3, 0.4) is 0 Å². The van der Waals surface area contributed by atoms with Crippen molar-refractivity contribution in [2.24, 2.45) is 0 Å². The second-order valence-corrected chi connectivity index (χ2v) is 8.93. The maximum Gasteiger partial charge on any atom is 0.270 e. The van der Waals surface area contributed by atoms with Gasteiger partial charge in [0.1, 0.15) is 0 Å². The van der Waals surface area contributed by atoms with Crippen LogP contribution in [0, 0.1) is 3.95 Å². The van der Waals surface area contributed by atoms with Gasteiger partial charge in [-0.25, -0.2) is 0 Å². The van der Waals surface area contributed by atoms with Crippen molar-refractivity contribution in [1.29, 1.82) is 0 Å². The number of carbonyl (C=O) groups is 1. The molecule has 4 rings (SSSR count). The fourth-order valence-electron chi connectivity index (χ4n) is 2.67. The average molecular weight is 429 g/mol. The summed E-state index contributed by atoms with van der Waals surface area (Å²) < 4.78 is 2.55. The van der Waals surface area contributed by atoms with Crippen LogP contribution in [0.15, 0.2) is 65.6 Å². The number of aromatic nitrogens is 1. The number of thioether (sulfide) groups is 1. The minimum absolute atomic E-state index is 0.0150. The number of para-hydroxylation sites is 2. The maximum atomic E-state index is 12.8. The Bertz CT molecular complexity index is 1120. The number of thiocarbonyl (C=S) groups is 1. The van der Waals surface area contributed by atoms with Crippen molar-refractivity contribution >= 4 is 69.5 Å². The summed E-state index contributed by atoms with van der Waals surface area (Å²) in [5, 5.41) is 10.7. The first-order valence-electron chi connectivity index (χ1n) is 7.89. The first-order valence-corrected chi connectivity index (χ1v) is 10.3. The fourth-order valence-corrected chi connectivity index (χ4v) is 5.31. The molecule has 4 nitrogen and oxygen atoms in total. The van der Waals surface area contributed by atoms with Crippen LogP contribution in [-0.2, 0) is 4.79 Å². The van der Waals surface area contributed by atoms with Gasteiger partial charge in [0, 0.05) is 0 Å². The van der Waals surface area contributed by atoms with Crippen molar-refractivity contribution in [2.45, 2.75) is 0 Å². The molecule has 0 spiro atoms. The molecule has 1 N–H and O–H groups in total. The molecule has 1 aliphatic rings. The maximum absolute atomic E-state index is 12.8. The molecule has 0 atom stereocenters. The number of hydrogen-bond acceptors (Lipinski definition) is 6. The minimum Gasteiger partial charge on any atom is -0.493 e. The van der Waals surface area contributed by atoms with E-state index in [-0.39, 0.29) is 11.8 Å². The normalized spacial score (nSPS) is 15.7. The van der Waals surface area contributed by atoms with Crippen molar-refractivity contribution in [3.05, 3.63) is 74.4 Å². The largest absolute Gasteiger partial charge is 0.493 e. The molecule has 0 bridgehead atoms. The van der Waals surface area contributed by atoms with Gasteiger partial charge in [0.25, 0.3) is 5.91 Å². The highest BCUT2D eigenvalue weighted by Gasteiger charge is 2.33. The molecule has 0 saturated carbocycles. The number of amides is 1. The Labute approximate surface area is 174 Å². The molecular weight excluding hydrogens is 416 g/mol. The number of anilines is 1. The van der Waals surface area contributed by atoms with Crippen molar-refractivity contribution < 1.29 is 9.90 Å². The van der Waals surface area contributed by atoms with E-state index in [1.54, 1.807) is 10.6 Å². The second-order valence-electron chi connectivity index (χ2n) is 5.58. The predicted octanol–water partition coefficient (Wildman–Crippen LogP) is 5.38. The summed E-state index contributed by atoms with van der Waals surface area (Å²) in [5.74, 6) is -0.192. The fraction of sp³-hybridized carbons (Fsp3) is 0. The van der Waals surface area contributed by atoms with Crippen molar-refractivity contribution in [2.75, 3.05) is 4.90 Å². The van der Waals surface area contributed by atoms with E-state index in [0.717, 1.165) is 11.4 Å². The van der Waals surface area contributed by atoms with Crippen LogP contribution in [0.25, 0.3) is 11.8 Å². The lowest BCUT2D eigenvalue weighted by Gasteiger charge is -2.13. The predicted molar refractivity (Wildman–Crippen MR) is 118 cm³/mol. The number of aromatic hydroxyl groups is 1. The van der Waals surface area contributed by atoms with E-state index in [4.69, 9.17) is 24.4 Å². The molecular formula is C19H12N2O2S4. The quantitative estimate of drug-likeness (QED) is 0.448. The van der Waals surface area contributed by atoms with E-state index < -0.39 is 0 Å². The number of carbonyl (C=O) groups excluding carboxylic acids is 1. The Hall–Kier alpha value is -2.26. The number of rotatable bonds is 3. The summed E-state index contributed by atoms with van der Waals surface area (Å²) in [4.78, 5) is 15.3. The standard InChI is InChI=1S/C19H12N2O2S4/c22-16-14(26-18(24)20(16)12-7-3-1-4-8-12)11-15-17(23)21(19(25)27-15)13-9-5-2-6-10-13/h1-11,22H. The highest BCUT2D eigenvalue weighted by molar-refractivity contribution is 8.27. The average Bonchev–Trinajstić information content (AvgIpc) is 3.11. The van der Waals surface area contributed by atoms with E-state index in [9.17, 15) is 9.90 Å². The highest BCUT2D eigenvalue weighted by Crippen LogP contribution is 2.39. The Balaban J connectivity index is 1.72. The monoisotopic (exact) mass is 428 g/mol. The van der Waals surface area contributed by atoms with Crippen LogP contribution in [0.2, 0.25) is 0 Å². The Morgan fingerprint density at radius 3 is 2.15 bits per heavy atom. The second kappa shape index (κ2) is 7.40. The summed E-state index contributed by atoms with van der Waals surface area (Å²) in [6, 6.07) is 18.6. The van der Waals surface area contributed by atoms with Gasteiger partial charge in [-0.05, 0) is 42.6 Å². The molecule has 0 aliphatic carbocycles. The Morgan fingerprint density at radius 1 is 0.926 bits per heavy atom. The van der Waals surface area contributed by atoms with Crippen LogP contribution in [0.4, 0.5) is 5.69 Å². The molecule has 134 valence electrons. The van der Waals surface area contributed by atoms with Crippen LogP contribution >= 0.6 is 47.5 Å². The van der Waals surface area contributed by atoms with Crippen molar-refractivity contribution in [3.8, 4) is 11.6 Å². The summed E-state index contributed by atoms with van der Waals surface area (Å²) in [5.41, 5.74) is 1.50. The molecule has 2 heterocycles. The van der Waals surface area contributed by atoms with E-state index in [0.29, 0.717) is 18.1 Å². The minimum atomic E-state index is -0.207. The lowest BCUT2D eigenvalue weighted by molar-refractivity contribution is -0.113.